The fraction of sp³-hybridized carbons (Fsp3) is 0.357. The normalized spacial score (nSPS) is 11.4. The maximum Gasteiger partial charge on any atom is 0.258 e. The van der Waals surface area contributed by atoms with Crippen LogP contribution in [0.1, 0.15) is 31.2 Å². The molecule has 0 saturated carbocycles. The van der Waals surface area contributed by atoms with E-state index in [4.69, 9.17) is 0 Å². The van der Waals surface area contributed by atoms with E-state index in [1.807, 2.05) is 18.2 Å². The summed E-state index contributed by atoms with van der Waals surface area (Å²) in [6, 6.07) is 5.61. The lowest BCUT2D eigenvalue weighted by Crippen LogP contribution is -2.12. The highest BCUT2D eigenvalue weighted by molar-refractivity contribution is 5.88. The third kappa shape index (κ3) is 2.64. The van der Waals surface area contributed by atoms with Gasteiger partial charge in [0.2, 0.25) is 0 Å². The zero-order valence-corrected chi connectivity index (χ0v) is 10.7. The summed E-state index contributed by atoms with van der Waals surface area (Å²) in [5.41, 5.74) is 1.59. The summed E-state index contributed by atoms with van der Waals surface area (Å²) in [4.78, 5) is 23.2. The number of benzene rings is 1. The van der Waals surface area contributed by atoms with E-state index in [-0.39, 0.29) is 5.56 Å². The third-order valence-electron chi connectivity index (χ3n) is 2.82. The Bertz CT molecular complexity index is 628. The summed E-state index contributed by atoms with van der Waals surface area (Å²) in [6.07, 6.45) is 4.67. The molecular formula is C14H17N3O. The number of H-pyrrole nitrogens is 1. The van der Waals surface area contributed by atoms with Crippen molar-refractivity contribution in [3.63, 3.8) is 0 Å². The molecule has 1 heterocycles. The summed E-state index contributed by atoms with van der Waals surface area (Å²) in [6.45, 7) is 2.12. The Morgan fingerprint density at radius 1 is 1.44 bits per heavy atom. The van der Waals surface area contributed by atoms with Crippen LogP contribution in [0.15, 0.2) is 28.0 Å². The molecule has 0 unspecified atom stereocenters. The van der Waals surface area contributed by atoms with E-state index in [0.29, 0.717) is 5.39 Å². The Balaban J connectivity index is 2.48. The minimum atomic E-state index is -0.0718. The first-order valence-electron chi connectivity index (χ1n) is 6.19. The highest BCUT2D eigenvalue weighted by Crippen LogP contribution is 2.10. The number of hydrogen-bond donors (Lipinski definition) is 1. The lowest BCUT2D eigenvalue weighted by molar-refractivity contribution is 0.753. The van der Waals surface area contributed by atoms with Gasteiger partial charge >= 0.3 is 0 Å². The number of aromatic amines is 1. The Kier molecular flexibility index (Phi) is 3.87. The number of aliphatic imine (C=N–C) groups is 1. The molecule has 0 fully saturated rings. The quantitative estimate of drug-likeness (QED) is 0.838. The molecule has 4 nitrogen and oxygen atoms in total. The number of nitrogens with zero attached hydrogens (tertiary/aromatic N) is 2. The Labute approximate surface area is 106 Å². The van der Waals surface area contributed by atoms with Crippen molar-refractivity contribution in [2.75, 3.05) is 7.05 Å². The maximum absolute atomic E-state index is 12.0. The minimum absolute atomic E-state index is 0.0718. The molecule has 2 aromatic rings. The Hall–Kier alpha value is -1.97. The molecule has 0 spiro atoms. The Morgan fingerprint density at radius 3 is 3.00 bits per heavy atom. The largest absolute Gasteiger partial charge is 0.310 e. The first kappa shape index (κ1) is 12.5. The van der Waals surface area contributed by atoms with Gasteiger partial charge in [-0.05, 0) is 24.1 Å². The van der Waals surface area contributed by atoms with Gasteiger partial charge in [-0.2, -0.15) is 0 Å². The number of fused-ring (bicyclic) bond motifs is 1. The van der Waals surface area contributed by atoms with E-state index in [1.54, 1.807) is 13.3 Å². The fourth-order valence-electron chi connectivity index (χ4n) is 1.90. The molecular weight excluding hydrogens is 226 g/mol. The SMILES string of the molecule is CCCCc1nc2ccc(C=NC)cc2c(=O)[nH]1. The zero-order chi connectivity index (χ0) is 13.0. The van der Waals surface area contributed by atoms with Crippen LogP contribution in [0.2, 0.25) is 0 Å². The average molecular weight is 243 g/mol. The molecule has 0 bridgehead atoms. The molecule has 0 aliphatic rings. The maximum atomic E-state index is 12.0. The van der Waals surface area contributed by atoms with E-state index in [0.717, 1.165) is 36.2 Å². The first-order chi connectivity index (χ1) is 8.74. The molecule has 0 aliphatic carbocycles. The van der Waals surface area contributed by atoms with Gasteiger partial charge in [-0.15, -0.1) is 0 Å². The number of aryl methyl sites for hydroxylation is 1. The van der Waals surface area contributed by atoms with Crippen LogP contribution in [0.4, 0.5) is 0 Å². The standard InChI is InChI=1S/C14H17N3O/c1-3-4-5-13-16-12-7-6-10(9-15-2)8-11(12)14(18)17-13/h6-9H,3-5H2,1-2H3,(H,16,17,18). The highest BCUT2D eigenvalue weighted by Gasteiger charge is 2.04. The van der Waals surface area contributed by atoms with E-state index in [2.05, 4.69) is 21.9 Å². The summed E-state index contributed by atoms with van der Waals surface area (Å²) < 4.78 is 0. The smallest absolute Gasteiger partial charge is 0.258 e. The summed E-state index contributed by atoms with van der Waals surface area (Å²) >= 11 is 0. The average Bonchev–Trinajstić information content (AvgIpc) is 2.37. The van der Waals surface area contributed by atoms with Crippen molar-refractivity contribution in [2.45, 2.75) is 26.2 Å². The van der Waals surface area contributed by atoms with Crippen molar-refractivity contribution in [1.82, 2.24) is 9.97 Å². The lowest BCUT2D eigenvalue weighted by Gasteiger charge is -2.03. The summed E-state index contributed by atoms with van der Waals surface area (Å²) in [5, 5.41) is 0.618. The van der Waals surface area contributed by atoms with Gasteiger partial charge in [0, 0.05) is 19.7 Å². The van der Waals surface area contributed by atoms with Crippen LogP contribution < -0.4 is 5.56 Å². The minimum Gasteiger partial charge on any atom is -0.310 e. The van der Waals surface area contributed by atoms with Gasteiger partial charge in [0.15, 0.2) is 0 Å². The fourth-order valence-corrected chi connectivity index (χ4v) is 1.90. The number of nitrogens with one attached hydrogen (secondary N) is 1. The van der Waals surface area contributed by atoms with Crippen LogP contribution in [0.3, 0.4) is 0 Å². The lowest BCUT2D eigenvalue weighted by atomic mass is 10.1. The van der Waals surface area contributed by atoms with Gasteiger partial charge in [0.1, 0.15) is 5.82 Å². The van der Waals surface area contributed by atoms with Gasteiger partial charge in [-0.3, -0.25) is 9.79 Å². The van der Waals surface area contributed by atoms with Crippen molar-refractivity contribution < 1.29 is 0 Å². The Morgan fingerprint density at radius 2 is 2.28 bits per heavy atom. The summed E-state index contributed by atoms with van der Waals surface area (Å²) in [5.74, 6) is 0.770. The van der Waals surface area contributed by atoms with E-state index >= 15 is 0 Å². The molecule has 0 radical (unpaired) electrons. The molecule has 4 heteroatoms. The molecule has 0 atom stereocenters. The predicted octanol–water partition coefficient (Wildman–Crippen LogP) is 2.31. The van der Waals surface area contributed by atoms with E-state index < -0.39 is 0 Å². The molecule has 1 N–H and O–H groups in total. The molecule has 0 amide bonds. The topological polar surface area (TPSA) is 58.1 Å². The van der Waals surface area contributed by atoms with Crippen molar-refractivity contribution in [1.29, 1.82) is 0 Å². The van der Waals surface area contributed by atoms with Gasteiger partial charge in [0.25, 0.3) is 5.56 Å². The zero-order valence-electron chi connectivity index (χ0n) is 10.7. The second-order valence-electron chi connectivity index (χ2n) is 4.28. The molecule has 1 aromatic heterocycles. The van der Waals surface area contributed by atoms with E-state index in [9.17, 15) is 4.79 Å². The molecule has 0 aliphatic heterocycles. The van der Waals surface area contributed by atoms with Gasteiger partial charge in [0.05, 0.1) is 10.9 Å². The molecule has 2 rings (SSSR count). The number of unbranched alkanes of at least 4 members (excludes halogenated alkanes) is 1. The van der Waals surface area contributed by atoms with Crippen LogP contribution in [-0.4, -0.2) is 23.2 Å². The van der Waals surface area contributed by atoms with Gasteiger partial charge in [-0.1, -0.05) is 19.4 Å². The predicted molar refractivity (Wildman–Crippen MR) is 74.5 cm³/mol. The number of aromatic nitrogens is 2. The van der Waals surface area contributed by atoms with Crippen molar-refractivity contribution in [3.05, 3.63) is 39.9 Å². The van der Waals surface area contributed by atoms with Crippen LogP contribution in [0.5, 0.6) is 0 Å². The highest BCUT2D eigenvalue weighted by atomic mass is 16.1. The third-order valence-corrected chi connectivity index (χ3v) is 2.82. The second-order valence-corrected chi connectivity index (χ2v) is 4.28. The van der Waals surface area contributed by atoms with Gasteiger partial charge < -0.3 is 4.98 Å². The van der Waals surface area contributed by atoms with Crippen LogP contribution in [0, 0.1) is 0 Å². The monoisotopic (exact) mass is 243 g/mol. The van der Waals surface area contributed by atoms with Gasteiger partial charge in [-0.25, -0.2) is 4.98 Å². The molecule has 18 heavy (non-hydrogen) atoms. The van der Waals surface area contributed by atoms with E-state index in [1.165, 1.54) is 0 Å². The second kappa shape index (κ2) is 5.58. The summed E-state index contributed by atoms with van der Waals surface area (Å²) in [7, 11) is 1.71. The van der Waals surface area contributed by atoms with Crippen LogP contribution >= 0.6 is 0 Å². The van der Waals surface area contributed by atoms with Crippen LogP contribution in [0.25, 0.3) is 10.9 Å². The number of hydrogen-bond acceptors (Lipinski definition) is 3. The van der Waals surface area contributed by atoms with Crippen molar-refractivity contribution in [3.8, 4) is 0 Å². The van der Waals surface area contributed by atoms with Crippen molar-refractivity contribution >= 4 is 17.1 Å². The number of rotatable bonds is 4. The van der Waals surface area contributed by atoms with Crippen LogP contribution in [-0.2, 0) is 6.42 Å². The molecule has 0 saturated heterocycles. The molecule has 1 aromatic carbocycles. The molecule has 94 valence electrons. The first-order valence-corrected chi connectivity index (χ1v) is 6.19. The van der Waals surface area contributed by atoms with Crippen molar-refractivity contribution in [2.24, 2.45) is 4.99 Å².